The van der Waals surface area contributed by atoms with Crippen molar-refractivity contribution in [2.24, 2.45) is 0 Å². The second kappa shape index (κ2) is 6.88. The van der Waals surface area contributed by atoms with Gasteiger partial charge in [-0.2, -0.15) is 31.3 Å². The molecule has 0 bridgehead atoms. The second-order valence-corrected chi connectivity index (χ2v) is 5.85. The third-order valence-electron chi connectivity index (χ3n) is 3.92. The lowest BCUT2D eigenvalue weighted by atomic mass is 10.0. The van der Waals surface area contributed by atoms with Crippen LogP contribution in [0.5, 0.6) is 0 Å². The first-order valence-electron chi connectivity index (χ1n) is 7.67. The minimum absolute atomic E-state index is 0.0579. The molecule has 1 saturated heterocycles. The van der Waals surface area contributed by atoms with E-state index in [1.807, 2.05) is 0 Å². The van der Waals surface area contributed by atoms with Gasteiger partial charge in [0.15, 0.2) is 6.54 Å². The van der Waals surface area contributed by atoms with E-state index in [9.17, 15) is 26.3 Å². The monoisotopic (exact) mass is 382 g/mol. The van der Waals surface area contributed by atoms with Crippen molar-refractivity contribution < 1.29 is 40.5 Å². The summed E-state index contributed by atoms with van der Waals surface area (Å²) in [5.41, 5.74) is -3.25. The second-order valence-electron chi connectivity index (χ2n) is 5.85. The fourth-order valence-corrected chi connectivity index (χ4v) is 2.58. The lowest BCUT2D eigenvalue weighted by molar-refractivity contribution is -0.922. The highest BCUT2D eigenvalue weighted by atomic mass is 19.4. The standard InChI is InChI=1S/C15H13F6N3O2/c16-14(17,18)10-5-9(6-11(7-10)15(19,20)21)13-22-12(26-23-13)8-24-1-3-25-4-2-24/h5-7H,1-4,8H2/p+1. The van der Waals surface area contributed by atoms with Crippen LogP contribution in [0.15, 0.2) is 22.7 Å². The fourth-order valence-electron chi connectivity index (χ4n) is 2.58. The molecule has 11 heteroatoms. The molecule has 0 spiro atoms. The molecule has 5 nitrogen and oxygen atoms in total. The summed E-state index contributed by atoms with van der Waals surface area (Å²) in [6.45, 7) is 2.82. The van der Waals surface area contributed by atoms with Crippen molar-refractivity contribution in [2.45, 2.75) is 18.9 Å². The number of nitrogens with zero attached hydrogens (tertiary/aromatic N) is 2. The van der Waals surface area contributed by atoms with Crippen molar-refractivity contribution in [3.63, 3.8) is 0 Å². The average molecular weight is 382 g/mol. The first kappa shape index (κ1) is 18.6. The number of rotatable bonds is 3. The molecule has 3 rings (SSSR count). The van der Waals surface area contributed by atoms with E-state index in [4.69, 9.17) is 9.26 Å². The van der Waals surface area contributed by atoms with Gasteiger partial charge in [0.05, 0.1) is 24.3 Å². The van der Waals surface area contributed by atoms with Gasteiger partial charge in [0.1, 0.15) is 13.1 Å². The summed E-state index contributed by atoms with van der Waals surface area (Å²) in [5, 5.41) is 3.53. The average Bonchev–Trinajstić information content (AvgIpc) is 3.02. The van der Waals surface area contributed by atoms with E-state index >= 15 is 0 Å². The molecule has 1 aromatic heterocycles. The molecule has 1 N–H and O–H groups in total. The highest BCUT2D eigenvalue weighted by Gasteiger charge is 2.37. The maximum Gasteiger partial charge on any atom is 0.416 e. The molecule has 1 aliphatic heterocycles. The third-order valence-corrected chi connectivity index (χ3v) is 3.92. The summed E-state index contributed by atoms with van der Waals surface area (Å²) in [4.78, 5) is 5.02. The Labute approximate surface area is 143 Å². The van der Waals surface area contributed by atoms with Crippen LogP contribution in [0, 0.1) is 0 Å². The quantitative estimate of drug-likeness (QED) is 0.827. The number of halogens is 6. The number of morpholine rings is 1. The van der Waals surface area contributed by atoms with Gasteiger partial charge in [-0.3, -0.25) is 0 Å². The Bertz CT molecular complexity index is 733. The maximum absolute atomic E-state index is 12.9. The summed E-state index contributed by atoms with van der Waals surface area (Å²) in [6.07, 6.45) is -9.86. The Balaban J connectivity index is 1.90. The molecular weight excluding hydrogens is 368 g/mol. The van der Waals surface area contributed by atoms with Crippen LogP contribution in [0.2, 0.25) is 0 Å². The molecule has 0 unspecified atom stereocenters. The van der Waals surface area contributed by atoms with Crippen LogP contribution in [0.1, 0.15) is 17.0 Å². The van der Waals surface area contributed by atoms with Gasteiger partial charge in [-0.25, -0.2) is 0 Å². The molecule has 0 aliphatic carbocycles. The summed E-state index contributed by atoms with van der Waals surface area (Å²) >= 11 is 0. The minimum Gasteiger partial charge on any atom is -0.370 e. The topological polar surface area (TPSA) is 52.6 Å². The largest absolute Gasteiger partial charge is 0.416 e. The molecule has 26 heavy (non-hydrogen) atoms. The van der Waals surface area contributed by atoms with Crippen molar-refractivity contribution in [3.8, 4) is 11.4 Å². The van der Waals surface area contributed by atoms with Crippen molar-refractivity contribution in [1.82, 2.24) is 10.1 Å². The fraction of sp³-hybridized carbons (Fsp3) is 0.467. The lowest BCUT2D eigenvalue weighted by Gasteiger charge is -2.21. The Morgan fingerprint density at radius 2 is 1.50 bits per heavy atom. The third kappa shape index (κ3) is 4.33. The van der Waals surface area contributed by atoms with Gasteiger partial charge in [0, 0.05) is 5.56 Å². The summed E-state index contributed by atoms with van der Waals surface area (Å²) < 4.78 is 87.7. The van der Waals surface area contributed by atoms with E-state index in [1.54, 1.807) is 0 Å². The molecule has 0 atom stereocenters. The van der Waals surface area contributed by atoms with Crippen LogP contribution in [-0.4, -0.2) is 36.4 Å². The first-order chi connectivity index (χ1) is 12.1. The summed E-state index contributed by atoms with van der Waals surface area (Å²) in [5.74, 6) is -0.174. The number of quaternary nitrogens is 1. The highest BCUT2D eigenvalue weighted by Crippen LogP contribution is 2.38. The number of benzene rings is 1. The van der Waals surface area contributed by atoms with Crippen LogP contribution >= 0.6 is 0 Å². The maximum atomic E-state index is 12.9. The SMILES string of the molecule is FC(F)(F)c1cc(-c2noc(C[NH+]3CCOCC3)n2)cc(C(F)(F)F)c1. The van der Waals surface area contributed by atoms with Gasteiger partial charge in [-0.05, 0) is 18.2 Å². The summed E-state index contributed by atoms with van der Waals surface area (Å²) in [7, 11) is 0. The Morgan fingerprint density at radius 3 is 2.04 bits per heavy atom. The first-order valence-corrected chi connectivity index (χ1v) is 7.67. The van der Waals surface area contributed by atoms with E-state index in [2.05, 4.69) is 10.1 Å². The van der Waals surface area contributed by atoms with Crippen LogP contribution in [-0.2, 0) is 23.6 Å². The van der Waals surface area contributed by atoms with Gasteiger partial charge in [-0.1, -0.05) is 5.16 Å². The molecule has 2 heterocycles. The van der Waals surface area contributed by atoms with Gasteiger partial charge in [0.25, 0.3) is 5.89 Å². The molecule has 0 radical (unpaired) electrons. The Kier molecular flexibility index (Phi) is 4.93. The molecule has 1 aliphatic rings. The molecule has 0 saturated carbocycles. The zero-order valence-electron chi connectivity index (χ0n) is 13.2. The number of hydrogen-bond donors (Lipinski definition) is 1. The molecular formula is C15H14F6N3O2+. The lowest BCUT2D eigenvalue weighted by Crippen LogP contribution is -3.12. The predicted octanol–water partition coefficient (Wildman–Crippen LogP) is 2.19. The van der Waals surface area contributed by atoms with Gasteiger partial charge >= 0.3 is 12.4 Å². The van der Waals surface area contributed by atoms with Crippen LogP contribution in [0.25, 0.3) is 11.4 Å². The van der Waals surface area contributed by atoms with Crippen molar-refractivity contribution >= 4 is 0 Å². The van der Waals surface area contributed by atoms with E-state index in [-0.39, 0.29) is 17.8 Å². The van der Waals surface area contributed by atoms with E-state index < -0.39 is 29.0 Å². The van der Waals surface area contributed by atoms with E-state index in [0.717, 1.165) is 4.90 Å². The smallest absolute Gasteiger partial charge is 0.370 e. The van der Waals surface area contributed by atoms with Gasteiger partial charge in [0.2, 0.25) is 5.82 Å². The van der Waals surface area contributed by atoms with Crippen molar-refractivity contribution in [2.75, 3.05) is 26.3 Å². The zero-order valence-corrected chi connectivity index (χ0v) is 13.2. The molecule has 1 fully saturated rings. The summed E-state index contributed by atoms with van der Waals surface area (Å²) in [6, 6.07) is 1.21. The number of ether oxygens (including phenoxy) is 1. The molecule has 0 amide bonds. The minimum atomic E-state index is -4.93. The van der Waals surface area contributed by atoms with Crippen molar-refractivity contribution in [1.29, 1.82) is 0 Å². The van der Waals surface area contributed by atoms with Gasteiger partial charge < -0.3 is 14.2 Å². The normalized spacial score (nSPS) is 16.8. The zero-order chi connectivity index (χ0) is 18.9. The van der Waals surface area contributed by atoms with Crippen LogP contribution in [0.3, 0.4) is 0 Å². The van der Waals surface area contributed by atoms with E-state index in [0.29, 0.717) is 45.0 Å². The molecule has 1 aromatic carbocycles. The number of nitrogens with one attached hydrogen (secondary N) is 1. The van der Waals surface area contributed by atoms with E-state index in [1.165, 1.54) is 0 Å². The van der Waals surface area contributed by atoms with Crippen LogP contribution in [0.4, 0.5) is 26.3 Å². The number of aromatic nitrogens is 2. The molecule has 2 aromatic rings. The Morgan fingerprint density at radius 1 is 0.923 bits per heavy atom. The number of hydrogen-bond acceptors (Lipinski definition) is 4. The highest BCUT2D eigenvalue weighted by molar-refractivity contribution is 5.58. The van der Waals surface area contributed by atoms with Crippen LogP contribution < -0.4 is 4.90 Å². The Hall–Kier alpha value is -2.14. The van der Waals surface area contributed by atoms with Gasteiger partial charge in [-0.15, -0.1) is 0 Å². The van der Waals surface area contributed by atoms with Crippen molar-refractivity contribution in [3.05, 3.63) is 35.2 Å². The number of alkyl halides is 6. The predicted molar refractivity (Wildman–Crippen MR) is 75.0 cm³/mol. The molecule has 142 valence electrons.